The number of hydrogen-bond donors (Lipinski definition) is 9. The van der Waals surface area contributed by atoms with E-state index in [1.54, 1.807) is 0 Å². The van der Waals surface area contributed by atoms with Crippen LogP contribution in [0.5, 0.6) is 0 Å². The monoisotopic (exact) mass is 491 g/mol. The maximum Gasteiger partial charge on any atom is 0.215 e. The zero-order chi connectivity index (χ0) is 25.0. The lowest BCUT2D eigenvalue weighted by Crippen LogP contribution is -2.66. The van der Waals surface area contributed by atoms with E-state index < -0.39 is 66.6 Å². The van der Waals surface area contributed by atoms with E-state index in [-0.39, 0.29) is 26.2 Å². The molecule has 0 aromatic heterocycles. The summed E-state index contributed by atoms with van der Waals surface area (Å²) < 4.78 is 23.3. The molecule has 1 aliphatic carbocycles. The van der Waals surface area contributed by atoms with Gasteiger partial charge in [0.05, 0.1) is 31.4 Å². The van der Waals surface area contributed by atoms with E-state index in [2.05, 4.69) is 5.32 Å². The average Bonchev–Trinajstić information content (AvgIpc) is 2.77. The highest BCUT2D eigenvalue weighted by molar-refractivity contribution is 5.04. The molecule has 13 nitrogen and oxygen atoms in total. The first-order valence-corrected chi connectivity index (χ1v) is 11.7. The quantitative estimate of drug-likeness (QED) is 0.139. The summed E-state index contributed by atoms with van der Waals surface area (Å²) in [5.74, 6) is -0.0714. The second kappa shape index (κ2) is 11.9. The van der Waals surface area contributed by atoms with Crippen LogP contribution in [0.4, 0.5) is 0 Å². The van der Waals surface area contributed by atoms with E-state index in [9.17, 15) is 15.3 Å². The number of aliphatic hydroxyl groups is 4. The summed E-state index contributed by atoms with van der Waals surface area (Å²) in [6.07, 6.45) is -3.73. The number of rotatable bonds is 9. The van der Waals surface area contributed by atoms with E-state index in [0.717, 1.165) is 0 Å². The van der Waals surface area contributed by atoms with Crippen LogP contribution in [0.15, 0.2) is 11.8 Å². The summed E-state index contributed by atoms with van der Waals surface area (Å²) in [4.78, 5) is 0. The lowest BCUT2D eigenvalue weighted by atomic mass is 9.82. The predicted octanol–water partition coefficient (Wildman–Crippen LogP) is -4.24. The van der Waals surface area contributed by atoms with E-state index in [1.165, 1.54) is 6.92 Å². The van der Waals surface area contributed by atoms with Crippen molar-refractivity contribution in [2.24, 2.45) is 28.9 Å². The summed E-state index contributed by atoms with van der Waals surface area (Å²) in [7, 11) is 0. The first kappa shape index (κ1) is 27.6. The molecule has 0 bridgehead atoms. The Bertz CT molecular complexity index is 686. The molecule has 198 valence electrons. The van der Waals surface area contributed by atoms with Crippen molar-refractivity contribution in [2.45, 2.75) is 80.5 Å². The Balaban J connectivity index is 1.65. The maximum absolute atomic E-state index is 11.1. The first-order chi connectivity index (χ1) is 16.1. The highest BCUT2D eigenvalue weighted by atomic mass is 16.7. The molecule has 34 heavy (non-hydrogen) atoms. The normalized spacial score (nSPS) is 45.5. The molecule has 1 saturated carbocycles. The van der Waals surface area contributed by atoms with Crippen molar-refractivity contribution < 1.29 is 39.4 Å². The molecule has 0 radical (unpaired) electrons. The van der Waals surface area contributed by atoms with Gasteiger partial charge in [-0.05, 0) is 25.8 Å². The van der Waals surface area contributed by atoms with Crippen LogP contribution in [-0.4, -0.2) is 114 Å². The summed E-state index contributed by atoms with van der Waals surface area (Å²) in [6.45, 7) is 2.26. The highest BCUT2D eigenvalue weighted by Gasteiger charge is 2.50. The topological polar surface area (TPSA) is 234 Å². The van der Waals surface area contributed by atoms with Crippen LogP contribution >= 0.6 is 0 Å². The van der Waals surface area contributed by atoms with E-state index in [0.29, 0.717) is 25.3 Å². The Morgan fingerprint density at radius 2 is 1.74 bits per heavy atom. The van der Waals surface area contributed by atoms with Crippen LogP contribution in [0, 0.1) is 5.92 Å². The SMILES string of the molecule is CC1(O)COC(OC2C(N)CC(N)C(OC3OC(CNCCO)=CCC3N)C2O)C(O)C1CN. The largest absolute Gasteiger partial charge is 0.467 e. The highest BCUT2D eigenvalue weighted by Crippen LogP contribution is 2.33. The summed E-state index contributed by atoms with van der Waals surface area (Å²) in [5.41, 5.74) is 23.1. The minimum atomic E-state index is -1.32. The third kappa shape index (κ3) is 6.24. The van der Waals surface area contributed by atoms with Crippen LogP contribution in [0.3, 0.4) is 0 Å². The number of nitrogens with one attached hydrogen (secondary N) is 1. The van der Waals surface area contributed by atoms with Crippen molar-refractivity contribution >= 4 is 0 Å². The van der Waals surface area contributed by atoms with Crippen LogP contribution in [-0.2, 0) is 18.9 Å². The summed E-state index contributed by atoms with van der Waals surface area (Å²) in [5, 5.41) is 44.1. The molecule has 2 heterocycles. The van der Waals surface area contributed by atoms with Gasteiger partial charge in [-0.1, -0.05) is 0 Å². The van der Waals surface area contributed by atoms with Crippen molar-refractivity contribution in [3.63, 3.8) is 0 Å². The van der Waals surface area contributed by atoms with Crippen molar-refractivity contribution in [1.82, 2.24) is 5.32 Å². The molecule has 3 aliphatic rings. The fourth-order valence-electron chi connectivity index (χ4n) is 4.67. The Morgan fingerprint density at radius 3 is 2.35 bits per heavy atom. The van der Waals surface area contributed by atoms with Crippen LogP contribution in [0.2, 0.25) is 0 Å². The van der Waals surface area contributed by atoms with Gasteiger partial charge < -0.3 is 67.6 Å². The maximum atomic E-state index is 11.1. The van der Waals surface area contributed by atoms with Gasteiger partial charge in [0.15, 0.2) is 6.29 Å². The fraction of sp³-hybridized carbons (Fsp3) is 0.905. The van der Waals surface area contributed by atoms with Gasteiger partial charge >= 0.3 is 0 Å². The third-order valence-electron chi connectivity index (χ3n) is 6.75. The standard InChI is InChI=1S/C21H41N5O8/c1-21(30)9-31-20(15(28)11(21)7-22)34-18-14(25)6-13(24)17(16(18)29)33-19-12(23)3-2-10(32-19)8-26-4-5-27/h2,11-20,26-30H,3-9,22-25H2,1H3. The predicted molar refractivity (Wildman–Crippen MR) is 121 cm³/mol. The molecule has 13 N–H and O–H groups in total. The zero-order valence-corrected chi connectivity index (χ0v) is 19.5. The van der Waals surface area contributed by atoms with Crippen LogP contribution in [0.1, 0.15) is 19.8 Å². The average molecular weight is 492 g/mol. The van der Waals surface area contributed by atoms with E-state index >= 15 is 0 Å². The Morgan fingerprint density at radius 1 is 1.09 bits per heavy atom. The second-order valence-corrected chi connectivity index (χ2v) is 9.58. The smallest absolute Gasteiger partial charge is 0.215 e. The number of aliphatic hydroxyl groups excluding tert-OH is 3. The number of nitrogens with two attached hydrogens (primary N) is 4. The Kier molecular flexibility index (Phi) is 9.65. The third-order valence-corrected chi connectivity index (χ3v) is 6.75. The minimum absolute atomic E-state index is 0.000460. The van der Waals surface area contributed by atoms with Crippen molar-refractivity contribution in [2.75, 3.05) is 32.8 Å². The van der Waals surface area contributed by atoms with Gasteiger partial charge in [0.2, 0.25) is 6.29 Å². The molecule has 0 aromatic carbocycles. The van der Waals surface area contributed by atoms with Gasteiger partial charge in [-0.25, -0.2) is 0 Å². The molecule has 11 unspecified atom stereocenters. The molecule has 0 amide bonds. The van der Waals surface area contributed by atoms with Crippen LogP contribution in [0.25, 0.3) is 0 Å². The lowest BCUT2D eigenvalue weighted by molar-refractivity contribution is -0.310. The molecule has 1 saturated heterocycles. The second-order valence-electron chi connectivity index (χ2n) is 9.58. The molecular formula is C21H41N5O8. The molecular weight excluding hydrogens is 450 g/mol. The van der Waals surface area contributed by atoms with Gasteiger partial charge in [-0.15, -0.1) is 0 Å². The minimum Gasteiger partial charge on any atom is -0.467 e. The number of hydrogen-bond acceptors (Lipinski definition) is 13. The Hall–Kier alpha value is -0.940. The van der Waals surface area contributed by atoms with Gasteiger partial charge in [-0.2, -0.15) is 0 Å². The van der Waals surface area contributed by atoms with E-state index in [1.807, 2.05) is 6.08 Å². The summed E-state index contributed by atoms with van der Waals surface area (Å²) >= 11 is 0. The molecule has 2 aliphatic heterocycles. The molecule has 0 spiro atoms. The molecule has 3 rings (SSSR count). The fourth-order valence-corrected chi connectivity index (χ4v) is 4.67. The molecule has 2 fully saturated rings. The summed E-state index contributed by atoms with van der Waals surface area (Å²) in [6, 6.07) is -1.75. The molecule has 0 aromatic rings. The van der Waals surface area contributed by atoms with E-state index in [4.69, 9.17) is 47.0 Å². The van der Waals surface area contributed by atoms with Crippen molar-refractivity contribution in [3.8, 4) is 0 Å². The van der Waals surface area contributed by atoms with Crippen molar-refractivity contribution in [1.29, 1.82) is 0 Å². The van der Waals surface area contributed by atoms with Gasteiger partial charge in [0.1, 0.15) is 30.2 Å². The first-order valence-electron chi connectivity index (χ1n) is 11.7. The molecule has 11 atom stereocenters. The van der Waals surface area contributed by atoms with Crippen molar-refractivity contribution in [3.05, 3.63) is 11.8 Å². The van der Waals surface area contributed by atoms with Gasteiger partial charge in [0.25, 0.3) is 0 Å². The number of ether oxygens (including phenoxy) is 4. The lowest BCUT2D eigenvalue weighted by Gasteiger charge is -2.48. The van der Waals surface area contributed by atoms with Gasteiger partial charge in [0, 0.05) is 31.1 Å². The molecule has 13 heteroatoms. The van der Waals surface area contributed by atoms with Gasteiger partial charge in [-0.3, -0.25) is 0 Å². The van der Waals surface area contributed by atoms with Crippen LogP contribution < -0.4 is 28.3 Å². The zero-order valence-electron chi connectivity index (χ0n) is 19.5. The Labute approximate surface area is 199 Å².